The van der Waals surface area contributed by atoms with E-state index in [-0.39, 0.29) is 11.7 Å². The molecular weight excluding hydrogens is 405 g/mol. The van der Waals surface area contributed by atoms with E-state index in [1.54, 1.807) is 38.4 Å². The molecule has 0 aliphatic carbocycles. The Labute approximate surface area is 186 Å². The molecule has 6 heteroatoms. The monoisotopic (exact) mass is 429 g/mol. The number of nitrogens with zero attached hydrogens (tertiary/aromatic N) is 1. The van der Waals surface area contributed by atoms with Crippen molar-refractivity contribution in [3.05, 3.63) is 77.6 Å². The third kappa shape index (κ3) is 4.19. The molecule has 0 aliphatic heterocycles. The van der Waals surface area contributed by atoms with Crippen molar-refractivity contribution in [1.29, 1.82) is 5.26 Å². The smallest absolute Gasteiger partial charge is 0.255 e. The summed E-state index contributed by atoms with van der Waals surface area (Å²) in [5.74, 6) is -0.281. The molecule has 0 unspecified atom stereocenters. The molecule has 0 spiro atoms. The maximum Gasteiger partial charge on any atom is 0.255 e. The van der Waals surface area contributed by atoms with Crippen LogP contribution in [0, 0.1) is 17.1 Å². The predicted molar refractivity (Wildman–Crippen MR) is 126 cm³/mol. The Balaban J connectivity index is 0.00000141. The summed E-state index contributed by atoms with van der Waals surface area (Å²) in [5, 5.41) is 15.5. The number of hydrogen-bond donors (Lipinski definition) is 2. The first-order valence-electron chi connectivity index (χ1n) is 10.3. The van der Waals surface area contributed by atoms with Crippen LogP contribution in [0.25, 0.3) is 33.4 Å². The van der Waals surface area contributed by atoms with Gasteiger partial charge in [-0.05, 0) is 48.0 Å². The summed E-state index contributed by atoms with van der Waals surface area (Å²) >= 11 is 0. The second-order valence-corrected chi connectivity index (χ2v) is 6.73. The maximum atomic E-state index is 13.4. The fourth-order valence-corrected chi connectivity index (χ4v) is 3.47. The predicted octanol–water partition coefficient (Wildman–Crippen LogP) is 6.21. The van der Waals surface area contributed by atoms with Crippen LogP contribution in [0.2, 0.25) is 0 Å². The molecule has 1 heterocycles. The minimum absolute atomic E-state index is 0.295. The van der Waals surface area contributed by atoms with Crippen LogP contribution in [0.5, 0.6) is 0 Å². The van der Waals surface area contributed by atoms with Crippen molar-refractivity contribution in [2.24, 2.45) is 0 Å². The topological polar surface area (TPSA) is 78.1 Å². The van der Waals surface area contributed by atoms with Gasteiger partial charge in [-0.25, -0.2) is 4.39 Å². The SMILES string of the molecule is CC.CNC(=O)c1c(-c2ccc(F)cc2)oc2cc(NC)c(-c3ccc(C#N)cc3)cc12. The highest BCUT2D eigenvalue weighted by atomic mass is 19.1. The standard InChI is InChI=1S/C24H18FN3O2.C2H6/c1-27-20-12-21-19(11-18(20)15-5-3-14(13-26)4-6-15)22(24(29)28-2)23(30-21)16-7-9-17(25)10-8-16;1-2/h3-12,27H,1-2H3,(H,28,29);1-2H3. The van der Waals surface area contributed by atoms with Gasteiger partial charge in [-0.15, -0.1) is 0 Å². The van der Waals surface area contributed by atoms with E-state index in [9.17, 15) is 9.18 Å². The van der Waals surface area contributed by atoms with E-state index in [2.05, 4.69) is 16.7 Å². The van der Waals surface area contributed by atoms with E-state index in [0.29, 0.717) is 33.4 Å². The van der Waals surface area contributed by atoms with Crippen LogP contribution in [0.4, 0.5) is 10.1 Å². The highest BCUT2D eigenvalue weighted by Gasteiger charge is 2.23. The zero-order valence-electron chi connectivity index (χ0n) is 18.4. The van der Waals surface area contributed by atoms with E-state index in [4.69, 9.17) is 9.68 Å². The van der Waals surface area contributed by atoms with Crippen LogP contribution in [0.3, 0.4) is 0 Å². The molecule has 1 aromatic heterocycles. The van der Waals surface area contributed by atoms with Crippen molar-refractivity contribution in [3.63, 3.8) is 0 Å². The van der Waals surface area contributed by atoms with Gasteiger partial charge in [0.15, 0.2) is 0 Å². The summed E-state index contributed by atoms with van der Waals surface area (Å²) in [6.07, 6.45) is 0. The molecule has 4 rings (SSSR count). The van der Waals surface area contributed by atoms with Crippen LogP contribution in [0.1, 0.15) is 29.8 Å². The first kappa shape index (κ1) is 22.6. The summed E-state index contributed by atoms with van der Waals surface area (Å²) in [7, 11) is 3.36. The number of carbonyl (C=O) groups is 1. The lowest BCUT2D eigenvalue weighted by Crippen LogP contribution is -2.18. The molecule has 0 atom stereocenters. The number of fused-ring (bicyclic) bond motifs is 1. The van der Waals surface area contributed by atoms with Gasteiger partial charge >= 0.3 is 0 Å². The number of benzene rings is 3. The molecule has 0 saturated heterocycles. The van der Waals surface area contributed by atoms with Gasteiger partial charge < -0.3 is 15.1 Å². The van der Waals surface area contributed by atoms with Crippen molar-refractivity contribution < 1.29 is 13.6 Å². The Hall–Kier alpha value is -4.11. The van der Waals surface area contributed by atoms with Gasteiger partial charge in [0.25, 0.3) is 5.91 Å². The first-order chi connectivity index (χ1) is 15.5. The van der Waals surface area contributed by atoms with Gasteiger partial charge in [0, 0.05) is 42.4 Å². The number of furan rings is 1. The quantitative estimate of drug-likeness (QED) is 0.405. The van der Waals surface area contributed by atoms with Gasteiger partial charge in [-0.2, -0.15) is 5.26 Å². The molecule has 5 nitrogen and oxygen atoms in total. The van der Waals surface area contributed by atoms with Crippen LogP contribution >= 0.6 is 0 Å². The summed E-state index contributed by atoms with van der Waals surface area (Å²) in [4.78, 5) is 12.7. The number of nitrogens with one attached hydrogen (secondary N) is 2. The highest BCUT2D eigenvalue weighted by Crippen LogP contribution is 2.39. The normalized spacial score (nSPS) is 10.1. The molecule has 0 radical (unpaired) electrons. The molecule has 2 N–H and O–H groups in total. The number of amides is 1. The third-order valence-corrected chi connectivity index (χ3v) is 4.98. The number of rotatable bonds is 4. The number of carbonyl (C=O) groups excluding carboxylic acids is 1. The maximum absolute atomic E-state index is 13.4. The van der Waals surface area contributed by atoms with E-state index in [1.165, 1.54) is 12.1 Å². The third-order valence-electron chi connectivity index (χ3n) is 4.98. The minimum Gasteiger partial charge on any atom is -0.455 e. The molecule has 0 aliphatic rings. The molecule has 0 saturated carbocycles. The van der Waals surface area contributed by atoms with Crippen molar-refractivity contribution in [1.82, 2.24) is 5.32 Å². The minimum atomic E-state index is -0.364. The Kier molecular flexibility index (Phi) is 6.91. The Bertz CT molecular complexity index is 1280. The molecule has 0 fully saturated rings. The molecule has 0 bridgehead atoms. The summed E-state index contributed by atoms with van der Waals surface area (Å²) in [6, 6.07) is 18.9. The van der Waals surface area contributed by atoms with E-state index < -0.39 is 0 Å². The van der Waals surface area contributed by atoms with Gasteiger partial charge in [0.1, 0.15) is 17.2 Å². The fourth-order valence-electron chi connectivity index (χ4n) is 3.47. The fraction of sp³-hybridized carbons (Fsp3) is 0.154. The number of nitriles is 1. The lowest BCUT2D eigenvalue weighted by Gasteiger charge is -2.10. The first-order valence-corrected chi connectivity index (χ1v) is 10.3. The number of anilines is 1. The zero-order chi connectivity index (χ0) is 23.3. The Morgan fingerprint density at radius 2 is 1.59 bits per heavy atom. The molecule has 32 heavy (non-hydrogen) atoms. The lowest BCUT2D eigenvalue weighted by molar-refractivity contribution is 0.0964. The molecule has 1 amide bonds. The van der Waals surface area contributed by atoms with E-state index in [1.807, 2.05) is 38.1 Å². The van der Waals surface area contributed by atoms with Crippen molar-refractivity contribution in [2.45, 2.75) is 13.8 Å². The highest BCUT2D eigenvalue weighted by molar-refractivity contribution is 6.12. The Morgan fingerprint density at radius 3 is 2.16 bits per heavy atom. The molecule has 4 aromatic rings. The van der Waals surface area contributed by atoms with Crippen molar-refractivity contribution in [2.75, 3.05) is 19.4 Å². The van der Waals surface area contributed by atoms with E-state index in [0.717, 1.165) is 16.8 Å². The van der Waals surface area contributed by atoms with Crippen molar-refractivity contribution in [3.8, 4) is 28.5 Å². The van der Waals surface area contributed by atoms with Gasteiger partial charge in [-0.1, -0.05) is 26.0 Å². The average molecular weight is 429 g/mol. The summed E-state index contributed by atoms with van der Waals surface area (Å²) in [6.45, 7) is 4.00. The second kappa shape index (κ2) is 9.80. The molecule has 162 valence electrons. The zero-order valence-corrected chi connectivity index (χ0v) is 18.4. The van der Waals surface area contributed by atoms with Crippen LogP contribution in [0.15, 0.2) is 65.1 Å². The molecule has 3 aromatic carbocycles. The second-order valence-electron chi connectivity index (χ2n) is 6.73. The largest absolute Gasteiger partial charge is 0.455 e. The van der Waals surface area contributed by atoms with Crippen LogP contribution in [-0.4, -0.2) is 20.0 Å². The molecular formula is C26H24FN3O2. The van der Waals surface area contributed by atoms with Gasteiger partial charge in [0.05, 0.1) is 17.2 Å². The number of halogens is 1. The summed E-state index contributed by atoms with van der Waals surface area (Å²) in [5.41, 5.74) is 4.68. The van der Waals surface area contributed by atoms with E-state index >= 15 is 0 Å². The van der Waals surface area contributed by atoms with Crippen molar-refractivity contribution >= 4 is 22.6 Å². The van der Waals surface area contributed by atoms with Gasteiger partial charge in [-0.3, -0.25) is 4.79 Å². The lowest BCUT2D eigenvalue weighted by atomic mass is 9.98. The van der Waals surface area contributed by atoms with Gasteiger partial charge in [0.2, 0.25) is 0 Å². The van der Waals surface area contributed by atoms with Crippen LogP contribution < -0.4 is 10.6 Å². The summed E-state index contributed by atoms with van der Waals surface area (Å²) < 4.78 is 19.4. The average Bonchev–Trinajstić information content (AvgIpc) is 3.22. The Morgan fingerprint density at radius 1 is 0.969 bits per heavy atom. The number of hydrogen-bond acceptors (Lipinski definition) is 4. The van der Waals surface area contributed by atoms with Crippen LogP contribution in [-0.2, 0) is 0 Å².